The molecule has 3 N–H and O–H groups in total. The van der Waals surface area contributed by atoms with Crippen LogP contribution in [0.15, 0.2) is 0 Å². The number of piperazine rings is 1. The second kappa shape index (κ2) is 9.39. The van der Waals surface area contributed by atoms with E-state index in [4.69, 9.17) is 0 Å². The number of hydrogen-bond donors (Lipinski definition) is 3. The molecule has 102 valence electrons. The maximum absolute atomic E-state index is 9.91. The van der Waals surface area contributed by atoms with E-state index in [0.717, 1.165) is 45.7 Å². The predicted octanol–water partition coefficient (Wildman–Crippen LogP) is -0.358. The Hall–Kier alpha value is -0.650. The number of carbonyl (C=O) groups excluding carboxylic acids is 1. The summed E-state index contributed by atoms with van der Waals surface area (Å²) >= 11 is 0. The van der Waals surface area contributed by atoms with E-state index in [1.54, 1.807) is 0 Å². The fourth-order valence-corrected chi connectivity index (χ4v) is 1.23. The van der Waals surface area contributed by atoms with Crippen LogP contribution in [0.5, 0.6) is 0 Å². The van der Waals surface area contributed by atoms with Crippen molar-refractivity contribution in [1.29, 1.82) is 0 Å². The highest BCUT2D eigenvalue weighted by Gasteiger charge is 2.15. The van der Waals surface area contributed by atoms with Crippen molar-refractivity contribution in [1.82, 2.24) is 20.9 Å². The van der Waals surface area contributed by atoms with Crippen molar-refractivity contribution < 1.29 is 4.79 Å². The Morgan fingerprint density at radius 2 is 1.65 bits per heavy atom. The first-order chi connectivity index (χ1) is 7.98. The molecule has 0 aromatic carbocycles. The number of amides is 1. The predicted molar refractivity (Wildman–Crippen MR) is 72.2 cm³/mol. The summed E-state index contributed by atoms with van der Waals surface area (Å²) in [6, 6.07) is 0. The van der Waals surface area contributed by atoms with Gasteiger partial charge in [-0.3, -0.25) is 9.69 Å². The highest BCUT2D eigenvalue weighted by Crippen LogP contribution is 2.08. The number of likely N-dealkylation sites (N-methyl/N-ethyl adjacent to an activating group) is 1. The molecule has 0 spiro atoms. The van der Waals surface area contributed by atoms with E-state index in [1.807, 2.05) is 7.05 Å². The third kappa shape index (κ3) is 10.2. The molecular formula is C12H28N4O. The number of rotatable bonds is 4. The number of nitrogens with one attached hydrogen (secondary N) is 3. The Morgan fingerprint density at radius 1 is 1.18 bits per heavy atom. The van der Waals surface area contributed by atoms with Crippen LogP contribution < -0.4 is 16.0 Å². The summed E-state index contributed by atoms with van der Waals surface area (Å²) < 4.78 is 0. The van der Waals surface area contributed by atoms with Crippen LogP contribution in [0.2, 0.25) is 0 Å². The molecule has 0 aromatic heterocycles. The van der Waals surface area contributed by atoms with E-state index in [1.165, 1.54) is 0 Å². The average Bonchev–Trinajstić information content (AvgIpc) is 2.31. The molecule has 0 unspecified atom stereocenters. The minimum Gasteiger partial charge on any atom is -0.357 e. The Kier molecular flexibility index (Phi) is 9.03. The summed E-state index contributed by atoms with van der Waals surface area (Å²) in [4.78, 5) is 12.1. The van der Waals surface area contributed by atoms with E-state index in [0.29, 0.717) is 0 Å². The normalized spacial score (nSPS) is 16.1. The van der Waals surface area contributed by atoms with Crippen LogP contribution in [0.3, 0.4) is 0 Å². The summed E-state index contributed by atoms with van der Waals surface area (Å²) in [5, 5.41) is 9.07. The molecule has 1 fully saturated rings. The molecular weight excluding hydrogens is 216 g/mol. The van der Waals surface area contributed by atoms with E-state index in [9.17, 15) is 4.79 Å². The number of hydrogen-bond acceptors (Lipinski definition) is 4. The van der Waals surface area contributed by atoms with E-state index >= 15 is 0 Å². The minimum atomic E-state index is 0.185. The molecule has 1 amide bonds. The Labute approximate surface area is 105 Å². The maximum Gasteiger partial charge on any atom is 0.207 e. The summed E-state index contributed by atoms with van der Waals surface area (Å²) in [5.41, 5.74) is 0.185. The molecule has 17 heavy (non-hydrogen) atoms. The lowest BCUT2D eigenvalue weighted by Gasteiger charge is -2.31. The molecule has 1 saturated heterocycles. The average molecular weight is 244 g/mol. The molecule has 0 atom stereocenters. The van der Waals surface area contributed by atoms with Crippen molar-refractivity contribution in [3.8, 4) is 0 Å². The van der Waals surface area contributed by atoms with Crippen LogP contribution in [0.25, 0.3) is 0 Å². The van der Waals surface area contributed by atoms with Crippen molar-refractivity contribution in [2.24, 2.45) is 0 Å². The van der Waals surface area contributed by atoms with Gasteiger partial charge in [0.05, 0.1) is 0 Å². The Balaban J connectivity index is 0.000000354. The fraction of sp³-hybridized carbons (Fsp3) is 0.917. The lowest BCUT2D eigenvalue weighted by Crippen LogP contribution is -2.41. The molecule has 0 bridgehead atoms. The third-order valence-corrected chi connectivity index (χ3v) is 2.78. The Morgan fingerprint density at radius 3 is 1.94 bits per heavy atom. The number of nitrogens with zero attached hydrogens (tertiary/aromatic N) is 1. The SMILES string of the molecule is C1CNCCN1.CN(CCNC=O)C(C)(C)C. The maximum atomic E-state index is 9.91. The molecule has 1 heterocycles. The quantitative estimate of drug-likeness (QED) is 0.467. The standard InChI is InChI=1S/C8H18N2O.C4H10N2/c1-8(2,3)10(4)6-5-9-7-11;1-2-6-4-3-5-1/h7H,5-6H2,1-4H3,(H,9,11);5-6H,1-4H2. The van der Waals surface area contributed by atoms with Crippen LogP contribution in [0.1, 0.15) is 20.8 Å². The zero-order chi connectivity index (χ0) is 13.1. The molecule has 1 aliphatic rings. The van der Waals surface area contributed by atoms with Crippen LogP contribution in [0.4, 0.5) is 0 Å². The van der Waals surface area contributed by atoms with Crippen molar-refractivity contribution in [3.63, 3.8) is 0 Å². The van der Waals surface area contributed by atoms with Crippen molar-refractivity contribution >= 4 is 6.41 Å². The van der Waals surface area contributed by atoms with Gasteiger partial charge in [0.2, 0.25) is 6.41 Å². The van der Waals surface area contributed by atoms with Crippen LogP contribution in [0, 0.1) is 0 Å². The van der Waals surface area contributed by atoms with Gasteiger partial charge in [0.25, 0.3) is 0 Å². The zero-order valence-corrected chi connectivity index (χ0v) is 11.7. The summed E-state index contributed by atoms with van der Waals surface area (Å²) in [6.07, 6.45) is 0.733. The van der Waals surface area contributed by atoms with Gasteiger partial charge in [-0.05, 0) is 27.8 Å². The number of carbonyl (C=O) groups is 1. The minimum absolute atomic E-state index is 0.185. The van der Waals surface area contributed by atoms with Gasteiger partial charge in [-0.15, -0.1) is 0 Å². The van der Waals surface area contributed by atoms with E-state index < -0.39 is 0 Å². The van der Waals surface area contributed by atoms with Crippen molar-refractivity contribution in [2.45, 2.75) is 26.3 Å². The molecule has 1 rings (SSSR count). The molecule has 5 heteroatoms. The van der Waals surface area contributed by atoms with Gasteiger partial charge < -0.3 is 16.0 Å². The topological polar surface area (TPSA) is 56.4 Å². The van der Waals surface area contributed by atoms with Crippen molar-refractivity contribution in [3.05, 3.63) is 0 Å². The van der Waals surface area contributed by atoms with Gasteiger partial charge in [0.1, 0.15) is 0 Å². The summed E-state index contributed by atoms with van der Waals surface area (Å²) in [5.74, 6) is 0. The van der Waals surface area contributed by atoms with E-state index in [-0.39, 0.29) is 5.54 Å². The van der Waals surface area contributed by atoms with Crippen LogP contribution in [-0.4, -0.2) is 63.2 Å². The molecule has 5 nitrogen and oxygen atoms in total. The van der Waals surface area contributed by atoms with Gasteiger partial charge in [-0.1, -0.05) is 0 Å². The lowest BCUT2D eigenvalue weighted by atomic mass is 10.1. The third-order valence-electron chi connectivity index (χ3n) is 2.78. The summed E-state index contributed by atoms with van der Waals surface area (Å²) in [7, 11) is 2.05. The van der Waals surface area contributed by atoms with Gasteiger partial charge >= 0.3 is 0 Å². The zero-order valence-electron chi connectivity index (χ0n) is 11.7. The van der Waals surface area contributed by atoms with Gasteiger partial charge in [-0.2, -0.15) is 0 Å². The lowest BCUT2D eigenvalue weighted by molar-refractivity contribution is -0.109. The molecule has 0 aromatic rings. The van der Waals surface area contributed by atoms with Gasteiger partial charge in [0.15, 0.2) is 0 Å². The Bertz CT molecular complexity index is 176. The monoisotopic (exact) mass is 244 g/mol. The second-order valence-corrected chi connectivity index (χ2v) is 5.16. The first-order valence-electron chi connectivity index (χ1n) is 6.28. The highest BCUT2D eigenvalue weighted by molar-refractivity contribution is 5.45. The van der Waals surface area contributed by atoms with Crippen LogP contribution >= 0.6 is 0 Å². The molecule has 1 aliphatic heterocycles. The summed E-state index contributed by atoms with van der Waals surface area (Å²) in [6.45, 7) is 12.6. The second-order valence-electron chi connectivity index (χ2n) is 5.16. The molecule has 0 saturated carbocycles. The van der Waals surface area contributed by atoms with Gasteiger partial charge in [-0.25, -0.2) is 0 Å². The van der Waals surface area contributed by atoms with E-state index in [2.05, 4.69) is 41.6 Å². The first kappa shape index (κ1) is 16.4. The van der Waals surface area contributed by atoms with Gasteiger partial charge in [0, 0.05) is 44.8 Å². The fourth-order valence-electron chi connectivity index (χ4n) is 1.23. The van der Waals surface area contributed by atoms with Crippen molar-refractivity contribution in [2.75, 3.05) is 46.3 Å². The smallest absolute Gasteiger partial charge is 0.207 e. The largest absolute Gasteiger partial charge is 0.357 e. The van der Waals surface area contributed by atoms with Crippen LogP contribution in [-0.2, 0) is 4.79 Å². The first-order valence-corrected chi connectivity index (χ1v) is 6.28. The molecule has 0 radical (unpaired) electrons. The highest BCUT2D eigenvalue weighted by atomic mass is 16.1. The molecule has 0 aliphatic carbocycles.